The Hall–Kier alpha value is -2.89. The Balaban J connectivity index is 1.93. The molecule has 0 aliphatic heterocycles. The molecule has 2 nitrogen and oxygen atoms in total. The van der Waals surface area contributed by atoms with Crippen LogP contribution in [0.3, 0.4) is 0 Å². The van der Waals surface area contributed by atoms with Crippen molar-refractivity contribution in [2.45, 2.75) is 25.8 Å². The molecule has 2 aromatic carbocycles. The van der Waals surface area contributed by atoms with Crippen molar-refractivity contribution in [1.82, 2.24) is 0 Å². The zero-order valence-electron chi connectivity index (χ0n) is 15.8. The van der Waals surface area contributed by atoms with Gasteiger partial charge in [-0.1, -0.05) is 6.92 Å². The van der Waals surface area contributed by atoms with E-state index in [9.17, 15) is 39.5 Å². The van der Waals surface area contributed by atoms with Crippen molar-refractivity contribution in [3.8, 4) is 21.9 Å². The molecule has 0 N–H and O–H groups in total. The maximum absolute atomic E-state index is 14.4. The molecule has 3 rings (SSSR count). The van der Waals surface area contributed by atoms with E-state index in [0.29, 0.717) is 23.4 Å². The zero-order valence-corrected chi connectivity index (χ0v) is 16.6. The molecular formula is C20H11F9O2S. The third-order valence-electron chi connectivity index (χ3n) is 4.06. The summed E-state index contributed by atoms with van der Waals surface area (Å²) in [6.45, 7) is 1.85. The molecule has 0 bridgehead atoms. The van der Waals surface area contributed by atoms with Crippen molar-refractivity contribution >= 4 is 11.3 Å². The Labute approximate surface area is 178 Å². The van der Waals surface area contributed by atoms with Crippen LogP contribution in [0, 0.1) is 23.3 Å². The summed E-state index contributed by atoms with van der Waals surface area (Å²) in [5, 5.41) is 0. The largest absolute Gasteiger partial charge is 0.573 e. The van der Waals surface area contributed by atoms with Crippen LogP contribution in [-0.4, -0.2) is 6.36 Å². The number of thiophene rings is 1. The number of benzene rings is 2. The van der Waals surface area contributed by atoms with Gasteiger partial charge < -0.3 is 9.47 Å². The van der Waals surface area contributed by atoms with Crippen molar-refractivity contribution in [2.75, 3.05) is 0 Å². The van der Waals surface area contributed by atoms with E-state index in [2.05, 4.69) is 9.47 Å². The fourth-order valence-electron chi connectivity index (χ4n) is 2.72. The number of hydrogen-bond acceptors (Lipinski definition) is 3. The summed E-state index contributed by atoms with van der Waals surface area (Å²) < 4.78 is 129. The summed E-state index contributed by atoms with van der Waals surface area (Å²) >= 11 is 1.20. The first-order valence-corrected chi connectivity index (χ1v) is 9.52. The van der Waals surface area contributed by atoms with E-state index >= 15 is 0 Å². The number of halogens is 9. The molecule has 32 heavy (non-hydrogen) atoms. The second-order valence-corrected chi connectivity index (χ2v) is 7.49. The molecule has 3 aromatic rings. The summed E-state index contributed by atoms with van der Waals surface area (Å²) in [7, 11) is 0. The van der Waals surface area contributed by atoms with E-state index < -0.39 is 52.8 Å². The normalized spacial score (nSPS) is 12.2. The lowest BCUT2D eigenvalue weighted by molar-refractivity contribution is -0.276. The summed E-state index contributed by atoms with van der Waals surface area (Å²) in [5.41, 5.74) is -1.86. The molecule has 0 aliphatic carbocycles. The molecule has 1 aromatic heterocycles. The topological polar surface area (TPSA) is 18.5 Å². The summed E-state index contributed by atoms with van der Waals surface area (Å²) in [5.74, 6) is -10.7. The van der Waals surface area contributed by atoms with E-state index in [1.165, 1.54) is 11.3 Å². The third-order valence-corrected chi connectivity index (χ3v) is 5.34. The molecule has 12 heteroatoms. The van der Waals surface area contributed by atoms with Crippen molar-refractivity contribution in [1.29, 1.82) is 0 Å². The van der Waals surface area contributed by atoms with Crippen LogP contribution < -0.4 is 9.47 Å². The van der Waals surface area contributed by atoms with Crippen LogP contribution in [0.15, 0.2) is 36.4 Å². The molecule has 0 saturated heterocycles. The Morgan fingerprint density at radius 1 is 0.781 bits per heavy atom. The van der Waals surface area contributed by atoms with Gasteiger partial charge in [0.25, 0.3) is 0 Å². The molecule has 0 saturated carbocycles. The first kappa shape index (κ1) is 23.8. The van der Waals surface area contributed by atoms with Gasteiger partial charge in [0.1, 0.15) is 22.9 Å². The molecule has 0 aliphatic rings. The predicted octanol–water partition coefficient (Wildman–Crippen LogP) is 7.56. The van der Waals surface area contributed by atoms with Crippen molar-refractivity contribution in [2.24, 2.45) is 0 Å². The van der Waals surface area contributed by atoms with Gasteiger partial charge in [0.05, 0.1) is 0 Å². The zero-order chi connectivity index (χ0) is 23.8. The Morgan fingerprint density at radius 3 is 1.81 bits per heavy atom. The van der Waals surface area contributed by atoms with Gasteiger partial charge in [-0.25, -0.2) is 17.6 Å². The van der Waals surface area contributed by atoms with Crippen LogP contribution in [-0.2, 0) is 12.5 Å². The van der Waals surface area contributed by atoms with Gasteiger partial charge in [0.2, 0.25) is 5.75 Å². The number of rotatable bonds is 6. The van der Waals surface area contributed by atoms with Crippen LogP contribution in [0.2, 0.25) is 0 Å². The Kier molecular flexibility index (Phi) is 6.36. The Bertz CT molecular complexity index is 1090. The second kappa shape index (κ2) is 8.57. The molecule has 0 amide bonds. The van der Waals surface area contributed by atoms with Crippen molar-refractivity contribution in [3.63, 3.8) is 0 Å². The summed E-state index contributed by atoms with van der Waals surface area (Å²) in [4.78, 5) is 1.31. The molecule has 0 radical (unpaired) electrons. The van der Waals surface area contributed by atoms with Crippen LogP contribution in [0.5, 0.6) is 11.5 Å². The van der Waals surface area contributed by atoms with Crippen LogP contribution in [0.4, 0.5) is 39.5 Å². The Morgan fingerprint density at radius 2 is 1.34 bits per heavy atom. The minimum atomic E-state index is -5.46. The molecule has 172 valence electrons. The first-order chi connectivity index (χ1) is 14.8. The van der Waals surface area contributed by atoms with Gasteiger partial charge in [-0.15, -0.1) is 24.5 Å². The highest BCUT2D eigenvalue weighted by atomic mass is 32.1. The van der Waals surface area contributed by atoms with Gasteiger partial charge >= 0.3 is 12.5 Å². The molecular weight excluding hydrogens is 475 g/mol. The quantitative estimate of drug-likeness (QED) is 0.335. The van der Waals surface area contributed by atoms with Gasteiger partial charge in [-0.05, 0) is 36.2 Å². The average Bonchev–Trinajstić information content (AvgIpc) is 3.12. The summed E-state index contributed by atoms with van der Waals surface area (Å²) in [6.07, 6.45) is -9.57. The number of ether oxygens (including phenoxy) is 2. The molecule has 0 unspecified atom stereocenters. The smallest absolute Gasteiger partial charge is 0.429 e. The monoisotopic (exact) mass is 486 g/mol. The van der Waals surface area contributed by atoms with Gasteiger partial charge in [0, 0.05) is 21.9 Å². The molecule has 0 fully saturated rings. The fourth-order valence-corrected chi connectivity index (χ4v) is 3.66. The summed E-state index contributed by atoms with van der Waals surface area (Å²) in [6, 6.07) is 4.46. The highest BCUT2D eigenvalue weighted by Gasteiger charge is 2.42. The average molecular weight is 486 g/mol. The lowest BCUT2D eigenvalue weighted by atomic mass is 10.1. The molecule has 0 spiro atoms. The van der Waals surface area contributed by atoms with Gasteiger partial charge in [0.15, 0.2) is 11.6 Å². The SMILES string of the molecule is CCc1ccc(-c2cc(F)c(C(F)(F)Oc3cc(F)c(OC(F)(F)F)c(F)c3)c(F)c2)s1. The minimum absolute atomic E-state index is 0.0185. The highest BCUT2D eigenvalue weighted by molar-refractivity contribution is 7.15. The minimum Gasteiger partial charge on any atom is -0.429 e. The van der Waals surface area contributed by atoms with Crippen LogP contribution in [0.1, 0.15) is 17.4 Å². The van der Waals surface area contributed by atoms with Crippen molar-refractivity contribution in [3.05, 3.63) is 70.1 Å². The van der Waals surface area contributed by atoms with E-state index in [-0.39, 0.29) is 17.7 Å². The lowest BCUT2D eigenvalue weighted by Gasteiger charge is -2.20. The van der Waals surface area contributed by atoms with E-state index in [1.54, 1.807) is 12.1 Å². The standard InChI is InChI=1S/C20H11F9O2S/c1-2-11-3-4-16(32-11)9-5-12(21)17(13(22)6-9)19(25,26)30-10-7-14(23)18(15(24)8-10)31-20(27,28)29/h3-8H,2H2,1H3. The third kappa shape index (κ3) is 5.12. The van der Waals surface area contributed by atoms with E-state index in [1.807, 2.05) is 6.92 Å². The molecule has 1 heterocycles. The van der Waals surface area contributed by atoms with Gasteiger partial charge in [-0.3, -0.25) is 0 Å². The number of hydrogen-bond donors (Lipinski definition) is 0. The fraction of sp³-hybridized carbons (Fsp3) is 0.200. The van der Waals surface area contributed by atoms with Crippen molar-refractivity contribution < 1.29 is 49.0 Å². The first-order valence-electron chi connectivity index (χ1n) is 8.71. The molecule has 0 atom stereocenters. The van der Waals surface area contributed by atoms with Crippen LogP contribution >= 0.6 is 11.3 Å². The van der Waals surface area contributed by atoms with E-state index in [4.69, 9.17) is 0 Å². The maximum Gasteiger partial charge on any atom is 0.573 e. The van der Waals surface area contributed by atoms with Crippen LogP contribution in [0.25, 0.3) is 10.4 Å². The van der Waals surface area contributed by atoms with Gasteiger partial charge in [-0.2, -0.15) is 8.78 Å². The number of alkyl halides is 5. The highest BCUT2D eigenvalue weighted by Crippen LogP contribution is 2.40. The lowest BCUT2D eigenvalue weighted by Crippen LogP contribution is -2.25. The van der Waals surface area contributed by atoms with E-state index in [0.717, 1.165) is 4.88 Å². The predicted molar refractivity (Wildman–Crippen MR) is 96.6 cm³/mol. The second-order valence-electron chi connectivity index (χ2n) is 6.32. The maximum atomic E-state index is 14.4. The number of aryl methyl sites for hydroxylation is 1.